The second-order valence-corrected chi connectivity index (χ2v) is 3.78. The monoisotopic (exact) mass is 195 g/mol. The van der Waals surface area contributed by atoms with Crippen molar-refractivity contribution in [2.75, 3.05) is 25.1 Å². The molecule has 0 radical (unpaired) electrons. The van der Waals surface area contributed by atoms with Gasteiger partial charge in [0, 0.05) is 32.6 Å². The Balaban J connectivity index is 1.84. The molecule has 1 saturated heterocycles. The quantitative estimate of drug-likeness (QED) is 0.793. The smallest absolute Gasteiger partial charge is 0.202 e. The Bertz CT molecular complexity index is 254. The molecule has 0 saturated carbocycles. The lowest BCUT2D eigenvalue weighted by Gasteiger charge is -2.27. The highest BCUT2D eigenvalue weighted by atomic mass is 16.5. The normalized spacial score (nSPS) is 22.2. The predicted octanol–water partition coefficient (Wildman–Crippen LogP) is 1.41. The maximum absolute atomic E-state index is 5.66. The van der Waals surface area contributed by atoms with Crippen LogP contribution in [0.15, 0.2) is 12.4 Å². The standard InChI is InChI=1S/C10H17N3O/c1-13(10-11-5-6-12-10)8-9-4-2-3-7-14-9/h5-6,9H,2-4,7-8H2,1H3,(H,11,12). The minimum absolute atomic E-state index is 0.374. The highest BCUT2D eigenvalue weighted by molar-refractivity contribution is 5.27. The van der Waals surface area contributed by atoms with Crippen molar-refractivity contribution in [2.45, 2.75) is 25.4 Å². The molecule has 4 nitrogen and oxygen atoms in total. The summed E-state index contributed by atoms with van der Waals surface area (Å²) in [6, 6.07) is 0. The van der Waals surface area contributed by atoms with Gasteiger partial charge >= 0.3 is 0 Å². The number of rotatable bonds is 3. The largest absolute Gasteiger partial charge is 0.376 e. The summed E-state index contributed by atoms with van der Waals surface area (Å²) in [5.41, 5.74) is 0. The van der Waals surface area contributed by atoms with Gasteiger partial charge in [-0.15, -0.1) is 0 Å². The van der Waals surface area contributed by atoms with E-state index in [1.54, 1.807) is 6.20 Å². The molecule has 0 bridgehead atoms. The maximum atomic E-state index is 5.66. The zero-order valence-corrected chi connectivity index (χ0v) is 8.57. The number of likely N-dealkylation sites (N-methyl/N-ethyl adjacent to an activating group) is 1. The number of ether oxygens (including phenoxy) is 1. The molecule has 0 aliphatic carbocycles. The zero-order valence-electron chi connectivity index (χ0n) is 8.57. The summed E-state index contributed by atoms with van der Waals surface area (Å²) in [5, 5.41) is 0. The van der Waals surface area contributed by atoms with Crippen LogP contribution >= 0.6 is 0 Å². The third kappa shape index (κ3) is 2.26. The molecule has 1 aromatic rings. The first-order valence-corrected chi connectivity index (χ1v) is 5.18. The Morgan fingerprint density at radius 1 is 1.64 bits per heavy atom. The van der Waals surface area contributed by atoms with Crippen molar-refractivity contribution in [3.05, 3.63) is 12.4 Å². The summed E-state index contributed by atoms with van der Waals surface area (Å²) in [6.07, 6.45) is 7.66. The van der Waals surface area contributed by atoms with E-state index < -0.39 is 0 Å². The van der Waals surface area contributed by atoms with Crippen molar-refractivity contribution in [2.24, 2.45) is 0 Å². The number of hydrogen-bond donors (Lipinski definition) is 1. The Kier molecular flexibility index (Phi) is 3.03. The minimum Gasteiger partial charge on any atom is -0.376 e. The molecule has 2 heterocycles. The Hall–Kier alpha value is -1.03. The molecule has 1 aliphatic rings. The van der Waals surface area contributed by atoms with E-state index in [9.17, 15) is 0 Å². The number of imidazole rings is 1. The van der Waals surface area contributed by atoms with Gasteiger partial charge in [0.1, 0.15) is 0 Å². The van der Waals surface area contributed by atoms with E-state index in [0.717, 1.165) is 19.1 Å². The lowest BCUT2D eigenvalue weighted by Crippen LogP contribution is -2.33. The maximum Gasteiger partial charge on any atom is 0.202 e. The first-order chi connectivity index (χ1) is 6.86. The molecular weight excluding hydrogens is 178 g/mol. The fourth-order valence-corrected chi connectivity index (χ4v) is 1.81. The average molecular weight is 195 g/mol. The molecule has 1 aliphatic heterocycles. The van der Waals surface area contributed by atoms with Gasteiger partial charge in [0.05, 0.1) is 6.10 Å². The number of aromatic amines is 1. The van der Waals surface area contributed by atoms with Crippen LogP contribution in [0.2, 0.25) is 0 Å². The fourth-order valence-electron chi connectivity index (χ4n) is 1.81. The Morgan fingerprint density at radius 2 is 2.57 bits per heavy atom. The highest BCUT2D eigenvalue weighted by Gasteiger charge is 2.16. The van der Waals surface area contributed by atoms with Crippen LogP contribution in [-0.4, -0.2) is 36.3 Å². The summed E-state index contributed by atoms with van der Waals surface area (Å²) in [7, 11) is 2.04. The molecule has 14 heavy (non-hydrogen) atoms. The fraction of sp³-hybridized carbons (Fsp3) is 0.700. The van der Waals surface area contributed by atoms with E-state index in [-0.39, 0.29) is 0 Å². The van der Waals surface area contributed by atoms with E-state index in [1.807, 2.05) is 13.2 Å². The van der Waals surface area contributed by atoms with Crippen LogP contribution in [0.4, 0.5) is 5.95 Å². The Labute approximate surface area is 84.3 Å². The first kappa shape index (κ1) is 9.52. The van der Waals surface area contributed by atoms with Crippen molar-refractivity contribution in [3.63, 3.8) is 0 Å². The molecule has 1 N–H and O–H groups in total. The number of nitrogens with one attached hydrogen (secondary N) is 1. The van der Waals surface area contributed by atoms with Crippen LogP contribution in [0.5, 0.6) is 0 Å². The molecular formula is C10H17N3O. The van der Waals surface area contributed by atoms with E-state index in [0.29, 0.717) is 6.10 Å². The van der Waals surface area contributed by atoms with Crippen LogP contribution in [0.1, 0.15) is 19.3 Å². The van der Waals surface area contributed by atoms with Crippen LogP contribution in [0, 0.1) is 0 Å². The van der Waals surface area contributed by atoms with E-state index in [1.165, 1.54) is 19.3 Å². The van der Waals surface area contributed by atoms with Gasteiger partial charge in [0.2, 0.25) is 5.95 Å². The third-order valence-corrected chi connectivity index (χ3v) is 2.60. The second-order valence-electron chi connectivity index (χ2n) is 3.78. The topological polar surface area (TPSA) is 41.1 Å². The van der Waals surface area contributed by atoms with Crippen molar-refractivity contribution >= 4 is 5.95 Å². The van der Waals surface area contributed by atoms with E-state index in [2.05, 4.69) is 14.9 Å². The SMILES string of the molecule is CN(CC1CCCCO1)c1ncc[nH]1. The van der Waals surface area contributed by atoms with Gasteiger partial charge < -0.3 is 14.6 Å². The summed E-state index contributed by atoms with van der Waals surface area (Å²) in [4.78, 5) is 9.39. The van der Waals surface area contributed by atoms with Gasteiger partial charge in [-0.05, 0) is 19.3 Å². The highest BCUT2D eigenvalue weighted by Crippen LogP contribution is 2.15. The van der Waals surface area contributed by atoms with Gasteiger partial charge in [0.15, 0.2) is 0 Å². The summed E-state index contributed by atoms with van der Waals surface area (Å²) in [6.45, 7) is 1.84. The average Bonchev–Trinajstić information content (AvgIpc) is 2.72. The lowest BCUT2D eigenvalue weighted by molar-refractivity contribution is 0.0214. The van der Waals surface area contributed by atoms with Crippen LogP contribution in [0.3, 0.4) is 0 Å². The van der Waals surface area contributed by atoms with Crippen LogP contribution < -0.4 is 4.90 Å². The summed E-state index contributed by atoms with van der Waals surface area (Å²) in [5.74, 6) is 0.916. The lowest BCUT2D eigenvalue weighted by atomic mass is 10.1. The minimum atomic E-state index is 0.374. The molecule has 4 heteroatoms. The van der Waals surface area contributed by atoms with Crippen molar-refractivity contribution in [3.8, 4) is 0 Å². The number of H-pyrrole nitrogens is 1. The van der Waals surface area contributed by atoms with Gasteiger partial charge in [-0.3, -0.25) is 0 Å². The molecule has 1 aromatic heterocycles. The van der Waals surface area contributed by atoms with E-state index >= 15 is 0 Å². The molecule has 2 rings (SSSR count). The van der Waals surface area contributed by atoms with Crippen molar-refractivity contribution in [1.29, 1.82) is 0 Å². The third-order valence-electron chi connectivity index (χ3n) is 2.60. The molecule has 1 unspecified atom stereocenters. The zero-order chi connectivity index (χ0) is 9.80. The second kappa shape index (κ2) is 4.46. The molecule has 0 amide bonds. The van der Waals surface area contributed by atoms with Crippen molar-refractivity contribution < 1.29 is 4.74 Å². The van der Waals surface area contributed by atoms with E-state index in [4.69, 9.17) is 4.74 Å². The molecule has 78 valence electrons. The first-order valence-electron chi connectivity index (χ1n) is 5.18. The molecule has 1 atom stereocenters. The number of aromatic nitrogens is 2. The Morgan fingerprint density at radius 3 is 3.21 bits per heavy atom. The van der Waals surface area contributed by atoms with Crippen LogP contribution in [0.25, 0.3) is 0 Å². The van der Waals surface area contributed by atoms with Gasteiger partial charge in [0.25, 0.3) is 0 Å². The number of hydrogen-bond acceptors (Lipinski definition) is 3. The molecule has 0 aromatic carbocycles. The van der Waals surface area contributed by atoms with Crippen molar-refractivity contribution in [1.82, 2.24) is 9.97 Å². The molecule has 0 spiro atoms. The van der Waals surface area contributed by atoms with Crippen LogP contribution in [-0.2, 0) is 4.74 Å². The molecule has 1 fully saturated rings. The van der Waals surface area contributed by atoms with Gasteiger partial charge in [-0.2, -0.15) is 0 Å². The predicted molar refractivity (Wildman–Crippen MR) is 55.4 cm³/mol. The summed E-state index contributed by atoms with van der Waals surface area (Å²) < 4.78 is 5.66. The van der Waals surface area contributed by atoms with Gasteiger partial charge in [-0.1, -0.05) is 0 Å². The number of anilines is 1. The van der Waals surface area contributed by atoms with Gasteiger partial charge in [-0.25, -0.2) is 4.98 Å². The number of nitrogens with zero attached hydrogens (tertiary/aromatic N) is 2. The summed E-state index contributed by atoms with van der Waals surface area (Å²) >= 11 is 0.